The maximum Gasteiger partial charge on any atom is 0.163 e. The van der Waals surface area contributed by atoms with Crippen LogP contribution in [0.2, 0.25) is 0 Å². The van der Waals surface area contributed by atoms with Crippen molar-refractivity contribution in [1.82, 2.24) is 9.97 Å². The Hall–Kier alpha value is -1.97. The first kappa shape index (κ1) is 10.5. The molecule has 0 unspecified atom stereocenters. The van der Waals surface area contributed by atoms with E-state index < -0.39 is 0 Å². The molecule has 0 amide bonds. The maximum atomic E-state index is 13.2. The number of ether oxygens (including phenoxy) is 1. The molecule has 0 saturated heterocycles. The first-order valence-corrected chi connectivity index (χ1v) is 4.84. The van der Waals surface area contributed by atoms with E-state index in [4.69, 9.17) is 4.74 Å². The van der Waals surface area contributed by atoms with Gasteiger partial charge in [-0.1, -0.05) is 0 Å². The highest BCUT2D eigenvalue weighted by Gasteiger charge is 2.09. The molecule has 0 aliphatic carbocycles. The summed E-state index contributed by atoms with van der Waals surface area (Å²) in [6.45, 7) is 1.86. The van der Waals surface area contributed by atoms with Crippen molar-refractivity contribution >= 4 is 0 Å². The lowest BCUT2D eigenvalue weighted by Gasteiger charge is -2.07. The van der Waals surface area contributed by atoms with Crippen LogP contribution in [0.1, 0.15) is 5.69 Å². The van der Waals surface area contributed by atoms with Crippen LogP contribution in [0.3, 0.4) is 0 Å². The zero-order valence-corrected chi connectivity index (χ0v) is 9.07. The standard InChI is InChI=1S/C12H11FN2O/c1-8-5-6-14-12(15-8)10-7-9(13)3-4-11(10)16-2/h3-7H,1-2H3. The van der Waals surface area contributed by atoms with E-state index in [2.05, 4.69) is 9.97 Å². The third-order valence-electron chi connectivity index (χ3n) is 2.20. The van der Waals surface area contributed by atoms with Gasteiger partial charge in [0.25, 0.3) is 0 Å². The number of halogens is 1. The van der Waals surface area contributed by atoms with Gasteiger partial charge in [0.05, 0.1) is 12.7 Å². The van der Waals surface area contributed by atoms with Crippen LogP contribution in [0.15, 0.2) is 30.5 Å². The third kappa shape index (κ3) is 2.00. The Bertz CT molecular complexity index is 514. The molecule has 16 heavy (non-hydrogen) atoms. The summed E-state index contributed by atoms with van der Waals surface area (Å²) < 4.78 is 18.3. The van der Waals surface area contributed by atoms with Gasteiger partial charge < -0.3 is 4.74 Å². The van der Waals surface area contributed by atoms with Gasteiger partial charge in [0.2, 0.25) is 0 Å². The number of benzene rings is 1. The molecule has 3 nitrogen and oxygen atoms in total. The molecular weight excluding hydrogens is 207 g/mol. The van der Waals surface area contributed by atoms with E-state index in [0.29, 0.717) is 17.1 Å². The highest BCUT2D eigenvalue weighted by Crippen LogP contribution is 2.27. The predicted molar refractivity (Wildman–Crippen MR) is 58.7 cm³/mol. The second-order valence-electron chi connectivity index (χ2n) is 3.37. The van der Waals surface area contributed by atoms with Gasteiger partial charge in [-0.2, -0.15) is 0 Å². The quantitative estimate of drug-likeness (QED) is 0.777. The molecule has 0 spiro atoms. The van der Waals surface area contributed by atoms with Crippen LogP contribution < -0.4 is 4.74 Å². The van der Waals surface area contributed by atoms with Crippen molar-refractivity contribution in [3.63, 3.8) is 0 Å². The fraction of sp³-hybridized carbons (Fsp3) is 0.167. The monoisotopic (exact) mass is 218 g/mol. The molecule has 0 N–H and O–H groups in total. The third-order valence-corrected chi connectivity index (χ3v) is 2.20. The van der Waals surface area contributed by atoms with Crippen LogP contribution in [-0.2, 0) is 0 Å². The number of rotatable bonds is 2. The first-order valence-electron chi connectivity index (χ1n) is 4.84. The van der Waals surface area contributed by atoms with Gasteiger partial charge in [0, 0.05) is 11.9 Å². The van der Waals surface area contributed by atoms with E-state index in [1.807, 2.05) is 6.92 Å². The normalized spacial score (nSPS) is 10.2. The van der Waals surface area contributed by atoms with E-state index in [-0.39, 0.29) is 5.82 Å². The molecular formula is C12H11FN2O. The first-order chi connectivity index (χ1) is 7.70. The molecule has 0 fully saturated rings. The summed E-state index contributed by atoms with van der Waals surface area (Å²) in [5.74, 6) is 0.698. The fourth-order valence-corrected chi connectivity index (χ4v) is 1.43. The number of hydrogen-bond donors (Lipinski definition) is 0. The molecule has 2 aromatic rings. The minimum absolute atomic E-state index is 0.332. The Kier molecular flexibility index (Phi) is 2.81. The SMILES string of the molecule is COc1ccc(F)cc1-c1nccc(C)n1. The topological polar surface area (TPSA) is 35.0 Å². The Balaban J connectivity index is 2.58. The van der Waals surface area contributed by atoms with Crippen LogP contribution in [0.4, 0.5) is 4.39 Å². The van der Waals surface area contributed by atoms with Crippen LogP contribution in [-0.4, -0.2) is 17.1 Å². The summed E-state index contributed by atoms with van der Waals surface area (Å²) >= 11 is 0. The number of aryl methyl sites for hydroxylation is 1. The Morgan fingerprint density at radius 1 is 1.25 bits per heavy atom. The summed E-state index contributed by atoms with van der Waals surface area (Å²) in [7, 11) is 1.53. The van der Waals surface area contributed by atoms with Crippen molar-refractivity contribution < 1.29 is 9.13 Å². The number of nitrogens with zero attached hydrogens (tertiary/aromatic N) is 2. The van der Waals surface area contributed by atoms with Gasteiger partial charge in [-0.3, -0.25) is 0 Å². The Morgan fingerprint density at radius 2 is 2.06 bits per heavy atom. The summed E-state index contributed by atoms with van der Waals surface area (Å²) in [6.07, 6.45) is 1.64. The van der Waals surface area contributed by atoms with Crippen LogP contribution in [0, 0.1) is 12.7 Å². The maximum absolute atomic E-state index is 13.2. The van der Waals surface area contributed by atoms with E-state index in [1.165, 1.54) is 19.2 Å². The second kappa shape index (κ2) is 4.26. The zero-order valence-electron chi connectivity index (χ0n) is 9.07. The lowest BCUT2D eigenvalue weighted by atomic mass is 10.2. The lowest BCUT2D eigenvalue weighted by Crippen LogP contribution is -1.95. The van der Waals surface area contributed by atoms with Crippen LogP contribution in [0.5, 0.6) is 5.75 Å². The molecule has 0 saturated carbocycles. The molecule has 0 aliphatic heterocycles. The molecule has 1 aromatic carbocycles. The van der Waals surface area contributed by atoms with Gasteiger partial charge >= 0.3 is 0 Å². The molecule has 1 heterocycles. The van der Waals surface area contributed by atoms with Crippen molar-refractivity contribution in [3.8, 4) is 17.1 Å². The lowest BCUT2D eigenvalue weighted by molar-refractivity contribution is 0.415. The summed E-state index contributed by atoms with van der Waals surface area (Å²) in [6, 6.07) is 6.07. The molecule has 2 rings (SSSR count). The minimum atomic E-state index is -0.332. The van der Waals surface area contributed by atoms with E-state index in [0.717, 1.165) is 5.69 Å². The summed E-state index contributed by atoms with van der Waals surface area (Å²) in [5.41, 5.74) is 1.39. The fourth-order valence-electron chi connectivity index (χ4n) is 1.43. The predicted octanol–water partition coefficient (Wildman–Crippen LogP) is 2.60. The van der Waals surface area contributed by atoms with Crippen LogP contribution >= 0.6 is 0 Å². The van der Waals surface area contributed by atoms with Crippen molar-refractivity contribution in [1.29, 1.82) is 0 Å². The van der Waals surface area contributed by atoms with Crippen LogP contribution in [0.25, 0.3) is 11.4 Å². The minimum Gasteiger partial charge on any atom is -0.496 e. The van der Waals surface area contributed by atoms with E-state index >= 15 is 0 Å². The average Bonchev–Trinajstić information content (AvgIpc) is 2.29. The van der Waals surface area contributed by atoms with Crippen molar-refractivity contribution in [2.45, 2.75) is 6.92 Å². The molecule has 1 aromatic heterocycles. The van der Waals surface area contributed by atoms with Crippen molar-refractivity contribution in [2.24, 2.45) is 0 Å². The van der Waals surface area contributed by atoms with Gasteiger partial charge in [-0.15, -0.1) is 0 Å². The highest BCUT2D eigenvalue weighted by atomic mass is 19.1. The molecule has 0 atom stereocenters. The number of hydrogen-bond acceptors (Lipinski definition) is 3. The summed E-state index contributed by atoms with van der Waals surface area (Å²) in [5, 5.41) is 0. The van der Waals surface area contributed by atoms with Gasteiger partial charge in [0.15, 0.2) is 5.82 Å². The number of aromatic nitrogens is 2. The van der Waals surface area contributed by atoms with Crippen molar-refractivity contribution in [2.75, 3.05) is 7.11 Å². The molecule has 82 valence electrons. The largest absolute Gasteiger partial charge is 0.496 e. The van der Waals surface area contributed by atoms with Gasteiger partial charge in [-0.25, -0.2) is 14.4 Å². The molecule has 0 radical (unpaired) electrons. The molecule has 4 heteroatoms. The number of methoxy groups -OCH3 is 1. The van der Waals surface area contributed by atoms with Crippen molar-refractivity contribution in [3.05, 3.63) is 42.0 Å². The van der Waals surface area contributed by atoms with E-state index in [1.54, 1.807) is 18.3 Å². The second-order valence-corrected chi connectivity index (χ2v) is 3.37. The molecule has 0 bridgehead atoms. The average molecular weight is 218 g/mol. The van der Waals surface area contributed by atoms with E-state index in [9.17, 15) is 4.39 Å². The smallest absolute Gasteiger partial charge is 0.163 e. The Morgan fingerprint density at radius 3 is 2.75 bits per heavy atom. The highest BCUT2D eigenvalue weighted by molar-refractivity contribution is 5.64. The molecule has 0 aliphatic rings. The zero-order chi connectivity index (χ0) is 11.5. The summed E-state index contributed by atoms with van der Waals surface area (Å²) in [4.78, 5) is 8.34. The van der Waals surface area contributed by atoms with Gasteiger partial charge in [-0.05, 0) is 31.2 Å². The Labute approximate surface area is 92.9 Å². The van der Waals surface area contributed by atoms with Gasteiger partial charge in [0.1, 0.15) is 11.6 Å².